The molecule has 2 aromatic carbocycles. The van der Waals surface area contributed by atoms with E-state index in [0.717, 1.165) is 15.7 Å². The molecule has 0 atom stereocenters. The van der Waals surface area contributed by atoms with Crippen molar-refractivity contribution in [3.8, 4) is 0 Å². The second-order valence-electron chi connectivity index (χ2n) is 4.93. The van der Waals surface area contributed by atoms with Gasteiger partial charge >= 0.3 is 0 Å². The molecule has 0 aromatic heterocycles. The van der Waals surface area contributed by atoms with Crippen molar-refractivity contribution in [1.29, 1.82) is 0 Å². The third kappa shape index (κ3) is 3.94. The molecule has 0 radical (unpaired) electrons. The number of nitrogens with one attached hydrogen (secondary N) is 1. The number of carbonyl (C=O) groups excluding carboxylic acids is 1. The van der Waals surface area contributed by atoms with Crippen molar-refractivity contribution in [3.63, 3.8) is 0 Å². The Balaban J connectivity index is 1.89. The first-order chi connectivity index (χ1) is 9.56. The van der Waals surface area contributed by atoms with Gasteiger partial charge in [0.05, 0.1) is 0 Å². The van der Waals surface area contributed by atoms with E-state index < -0.39 is 0 Å². The van der Waals surface area contributed by atoms with Crippen LogP contribution in [-0.2, 0) is 0 Å². The quantitative estimate of drug-likeness (QED) is 0.801. The molecular formula is C17H18BrNO. The van der Waals surface area contributed by atoms with E-state index >= 15 is 0 Å². The van der Waals surface area contributed by atoms with E-state index in [9.17, 15) is 4.79 Å². The summed E-state index contributed by atoms with van der Waals surface area (Å²) in [5.74, 6) is 0.162. The van der Waals surface area contributed by atoms with Crippen LogP contribution in [0.5, 0.6) is 0 Å². The fourth-order valence-corrected chi connectivity index (χ4v) is 2.37. The van der Waals surface area contributed by atoms with Crippen molar-refractivity contribution in [3.05, 3.63) is 63.6 Å². The number of ketones is 1. The van der Waals surface area contributed by atoms with Gasteiger partial charge < -0.3 is 5.32 Å². The van der Waals surface area contributed by atoms with Crippen molar-refractivity contribution in [2.75, 3.05) is 11.9 Å². The fourth-order valence-electron chi connectivity index (χ4n) is 2.10. The molecule has 0 fully saturated rings. The van der Waals surface area contributed by atoms with Crippen LogP contribution in [0.2, 0.25) is 0 Å². The average molecular weight is 332 g/mol. The summed E-state index contributed by atoms with van der Waals surface area (Å²) in [7, 11) is 0. The third-order valence-corrected chi connectivity index (χ3v) is 3.74. The van der Waals surface area contributed by atoms with Gasteiger partial charge in [0, 0.05) is 28.7 Å². The Morgan fingerprint density at radius 1 is 1.10 bits per heavy atom. The number of halogens is 1. The van der Waals surface area contributed by atoms with Crippen molar-refractivity contribution in [2.24, 2.45) is 0 Å². The SMILES string of the molecule is Cc1ccc(NCCC(=O)c2ccc(Br)cc2)c(C)c1. The zero-order valence-corrected chi connectivity index (χ0v) is 13.3. The van der Waals surface area contributed by atoms with Crippen LogP contribution in [-0.4, -0.2) is 12.3 Å². The van der Waals surface area contributed by atoms with E-state index in [2.05, 4.69) is 53.3 Å². The maximum atomic E-state index is 12.0. The summed E-state index contributed by atoms with van der Waals surface area (Å²) in [4.78, 5) is 12.0. The van der Waals surface area contributed by atoms with E-state index in [1.54, 1.807) is 0 Å². The minimum atomic E-state index is 0.162. The summed E-state index contributed by atoms with van der Waals surface area (Å²) in [6, 6.07) is 13.8. The van der Waals surface area contributed by atoms with Gasteiger partial charge in [-0.1, -0.05) is 45.8 Å². The smallest absolute Gasteiger partial charge is 0.164 e. The van der Waals surface area contributed by atoms with Crippen LogP contribution in [0, 0.1) is 13.8 Å². The van der Waals surface area contributed by atoms with E-state index in [-0.39, 0.29) is 5.78 Å². The molecule has 0 saturated heterocycles. The molecule has 0 bridgehead atoms. The molecule has 1 N–H and O–H groups in total. The number of aryl methyl sites for hydroxylation is 2. The monoisotopic (exact) mass is 331 g/mol. The zero-order valence-electron chi connectivity index (χ0n) is 11.7. The number of anilines is 1. The lowest BCUT2D eigenvalue weighted by atomic mass is 10.1. The standard InChI is InChI=1S/C17H18BrNO/c1-12-3-8-16(13(2)11-12)19-10-9-17(20)14-4-6-15(18)7-5-14/h3-8,11,19H,9-10H2,1-2H3. The summed E-state index contributed by atoms with van der Waals surface area (Å²) < 4.78 is 0.988. The third-order valence-electron chi connectivity index (χ3n) is 3.22. The molecule has 0 amide bonds. The largest absolute Gasteiger partial charge is 0.384 e. The maximum absolute atomic E-state index is 12.0. The molecule has 0 aliphatic carbocycles. The minimum Gasteiger partial charge on any atom is -0.384 e. The Bertz CT molecular complexity index is 605. The van der Waals surface area contributed by atoms with Gasteiger partial charge in [0.1, 0.15) is 0 Å². The number of benzene rings is 2. The first-order valence-corrected chi connectivity index (χ1v) is 7.45. The molecule has 0 aliphatic rings. The zero-order chi connectivity index (χ0) is 14.5. The van der Waals surface area contributed by atoms with Gasteiger partial charge in [-0.2, -0.15) is 0 Å². The molecule has 2 aromatic rings. The van der Waals surface area contributed by atoms with Gasteiger partial charge in [-0.15, -0.1) is 0 Å². The van der Waals surface area contributed by atoms with Crippen LogP contribution in [0.15, 0.2) is 46.9 Å². The number of hydrogen-bond acceptors (Lipinski definition) is 2. The first-order valence-electron chi connectivity index (χ1n) is 6.66. The summed E-state index contributed by atoms with van der Waals surface area (Å²) in [5, 5.41) is 3.32. The highest BCUT2D eigenvalue weighted by atomic mass is 79.9. The minimum absolute atomic E-state index is 0.162. The Hall–Kier alpha value is -1.61. The molecule has 2 rings (SSSR count). The number of rotatable bonds is 5. The van der Waals surface area contributed by atoms with E-state index in [0.29, 0.717) is 13.0 Å². The van der Waals surface area contributed by atoms with E-state index in [1.165, 1.54) is 11.1 Å². The Kier molecular flexibility index (Phi) is 4.96. The topological polar surface area (TPSA) is 29.1 Å². The molecule has 2 nitrogen and oxygen atoms in total. The molecular weight excluding hydrogens is 314 g/mol. The van der Waals surface area contributed by atoms with Crippen LogP contribution in [0.25, 0.3) is 0 Å². The number of hydrogen-bond donors (Lipinski definition) is 1. The van der Waals surface area contributed by atoms with Crippen molar-refractivity contribution < 1.29 is 4.79 Å². The lowest BCUT2D eigenvalue weighted by Gasteiger charge is -2.10. The van der Waals surface area contributed by atoms with Crippen LogP contribution >= 0.6 is 15.9 Å². The molecule has 0 spiro atoms. The van der Waals surface area contributed by atoms with Gasteiger partial charge in [-0.3, -0.25) is 4.79 Å². The molecule has 0 unspecified atom stereocenters. The second-order valence-corrected chi connectivity index (χ2v) is 5.84. The van der Waals surface area contributed by atoms with Crippen LogP contribution in [0.4, 0.5) is 5.69 Å². The lowest BCUT2D eigenvalue weighted by Crippen LogP contribution is -2.09. The highest BCUT2D eigenvalue weighted by molar-refractivity contribution is 9.10. The first kappa shape index (κ1) is 14.8. The van der Waals surface area contributed by atoms with Gasteiger partial charge in [0.25, 0.3) is 0 Å². The van der Waals surface area contributed by atoms with Crippen LogP contribution < -0.4 is 5.32 Å². The van der Waals surface area contributed by atoms with Crippen LogP contribution in [0.3, 0.4) is 0 Å². The number of carbonyl (C=O) groups is 1. The Morgan fingerprint density at radius 3 is 2.45 bits per heavy atom. The maximum Gasteiger partial charge on any atom is 0.164 e. The highest BCUT2D eigenvalue weighted by Gasteiger charge is 2.05. The molecule has 0 aliphatic heterocycles. The highest BCUT2D eigenvalue weighted by Crippen LogP contribution is 2.16. The summed E-state index contributed by atoms with van der Waals surface area (Å²) in [6.45, 7) is 4.80. The van der Waals surface area contributed by atoms with Gasteiger partial charge in [0.15, 0.2) is 5.78 Å². The summed E-state index contributed by atoms with van der Waals surface area (Å²) in [6.07, 6.45) is 0.495. The van der Waals surface area contributed by atoms with Crippen molar-refractivity contribution in [2.45, 2.75) is 20.3 Å². The van der Waals surface area contributed by atoms with E-state index in [1.807, 2.05) is 24.3 Å². The number of Topliss-reactive ketones (excluding diaryl/α,β-unsaturated/α-hetero) is 1. The Morgan fingerprint density at radius 2 is 1.80 bits per heavy atom. The summed E-state index contributed by atoms with van der Waals surface area (Å²) in [5.41, 5.74) is 4.31. The normalized spacial score (nSPS) is 10.3. The molecule has 104 valence electrons. The molecule has 20 heavy (non-hydrogen) atoms. The predicted octanol–water partition coefficient (Wildman–Crippen LogP) is 4.75. The molecule has 3 heteroatoms. The fraction of sp³-hybridized carbons (Fsp3) is 0.235. The van der Waals surface area contributed by atoms with Gasteiger partial charge in [-0.05, 0) is 37.6 Å². The van der Waals surface area contributed by atoms with Crippen molar-refractivity contribution in [1.82, 2.24) is 0 Å². The van der Waals surface area contributed by atoms with Gasteiger partial charge in [-0.25, -0.2) is 0 Å². The van der Waals surface area contributed by atoms with Gasteiger partial charge in [0.2, 0.25) is 0 Å². The van der Waals surface area contributed by atoms with Crippen LogP contribution in [0.1, 0.15) is 27.9 Å². The summed E-state index contributed by atoms with van der Waals surface area (Å²) >= 11 is 3.37. The molecule has 0 saturated carbocycles. The molecule has 0 heterocycles. The predicted molar refractivity (Wildman–Crippen MR) is 87.5 cm³/mol. The lowest BCUT2D eigenvalue weighted by molar-refractivity contribution is 0.0986. The average Bonchev–Trinajstić information content (AvgIpc) is 2.42. The van der Waals surface area contributed by atoms with Crippen molar-refractivity contribution >= 4 is 27.4 Å². The second kappa shape index (κ2) is 6.71. The van der Waals surface area contributed by atoms with E-state index in [4.69, 9.17) is 0 Å². The Labute approximate surface area is 128 Å².